The Morgan fingerprint density at radius 2 is 2.07 bits per heavy atom. The predicted molar refractivity (Wildman–Crippen MR) is 101 cm³/mol. The third-order valence-electron chi connectivity index (χ3n) is 3.61. The van der Waals surface area contributed by atoms with Gasteiger partial charge < -0.3 is 25.1 Å². The van der Waals surface area contributed by atoms with Crippen molar-refractivity contribution in [2.24, 2.45) is 0 Å². The predicted octanol–water partition coefficient (Wildman–Crippen LogP) is 2.21. The van der Waals surface area contributed by atoms with E-state index in [1.807, 2.05) is 6.92 Å². The van der Waals surface area contributed by atoms with Gasteiger partial charge in [-0.25, -0.2) is 4.79 Å². The number of ether oxygens (including phenoxy) is 1. The van der Waals surface area contributed by atoms with Gasteiger partial charge in [-0.3, -0.25) is 9.59 Å². The number of carbonyl (C=O) groups excluding carboxylic acids is 3. The molecule has 2 N–H and O–H groups in total. The maximum atomic E-state index is 12.5. The second-order valence-corrected chi connectivity index (χ2v) is 6.97. The summed E-state index contributed by atoms with van der Waals surface area (Å²) >= 11 is 0.925. The first kappa shape index (κ1) is 21.0. The molecule has 0 spiro atoms. The van der Waals surface area contributed by atoms with Crippen molar-refractivity contribution in [3.63, 3.8) is 0 Å². The lowest BCUT2D eigenvalue weighted by Crippen LogP contribution is -2.21. The van der Waals surface area contributed by atoms with Crippen molar-refractivity contribution in [1.82, 2.24) is 15.1 Å². The second kappa shape index (κ2) is 8.61. The van der Waals surface area contributed by atoms with Gasteiger partial charge in [0, 0.05) is 14.1 Å². The smallest absolute Gasteiger partial charge is 0.343 e. The number of nitrogens with zero attached hydrogens (tertiary/aromatic N) is 3. The van der Waals surface area contributed by atoms with E-state index in [1.165, 1.54) is 4.90 Å². The fourth-order valence-electron chi connectivity index (χ4n) is 2.21. The molecule has 0 unspecified atom stereocenters. The zero-order valence-corrected chi connectivity index (χ0v) is 16.5. The lowest BCUT2D eigenvalue weighted by atomic mass is 10.1. The summed E-state index contributed by atoms with van der Waals surface area (Å²) in [6, 6.07) is 0.969. The molecule has 12 heteroatoms. The van der Waals surface area contributed by atoms with Crippen LogP contribution in [-0.4, -0.2) is 58.5 Å². The molecule has 0 aliphatic rings. The molecule has 0 atom stereocenters. The van der Waals surface area contributed by atoms with Gasteiger partial charge in [0.15, 0.2) is 5.69 Å². The number of amides is 2. The highest BCUT2D eigenvalue weighted by atomic mass is 32.1. The van der Waals surface area contributed by atoms with Crippen molar-refractivity contribution in [2.45, 2.75) is 20.3 Å². The number of hydrogen-bond acceptors (Lipinski definition) is 8. The van der Waals surface area contributed by atoms with Gasteiger partial charge in [-0.2, -0.15) is 0 Å². The molecule has 11 nitrogen and oxygen atoms in total. The average Bonchev–Trinajstić information content (AvgIpc) is 3.24. The number of hydrogen-bond donors (Lipinski definition) is 2. The van der Waals surface area contributed by atoms with Crippen LogP contribution < -0.4 is 5.32 Å². The first-order valence-corrected chi connectivity index (χ1v) is 9.02. The molecule has 2 aromatic rings. The van der Waals surface area contributed by atoms with Crippen molar-refractivity contribution in [2.75, 3.05) is 26.0 Å². The summed E-state index contributed by atoms with van der Waals surface area (Å²) in [7, 11) is 3.13. The molecule has 0 saturated carbocycles. The normalized spacial score (nSPS) is 10.4. The summed E-state index contributed by atoms with van der Waals surface area (Å²) in [5.74, 6) is -2.21. The molecule has 2 amide bonds. The number of aromatic nitrogens is 2. The topological polar surface area (TPSA) is 148 Å². The van der Waals surface area contributed by atoms with Crippen LogP contribution >= 0.6 is 11.3 Å². The van der Waals surface area contributed by atoms with E-state index in [1.54, 1.807) is 21.0 Å². The van der Waals surface area contributed by atoms with Gasteiger partial charge in [-0.1, -0.05) is 12.0 Å². The molecular formula is C16H19N5O6S. The van der Waals surface area contributed by atoms with Crippen LogP contribution in [0.5, 0.6) is 0 Å². The minimum atomic E-state index is -0.765. The van der Waals surface area contributed by atoms with Crippen molar-refractivity contribution in [1.29, 1.82) is 0 Å². The summed E-state index contributed by atoms with van der Waals surface area (Å²) in [5, 5.41) is 19.0. The Morgan fingerprint density at radius 3 is 2.61 bits per heavy atom. The minimum absolute atomic E-state index is 0.0713. The third-order valence-corrected chi connectivity index (χ3v) is 4.80. The van der Waals surface area contributed by atoms with Crippen LogP contribution in [0.2, 0.25) is 0 Å². The van der Waals surface area contributed by atoms with Crippen molar-refractivity contribution >= 4 is 39.9 Å². The molecule has 28 heavy (non-hydrogen) atoms. The summed E-state index contributed by atoms with van der Waals surface area (Å²) < 4.78 is 5.16. The number of anilines is 1. The average molecular weight is 409 g/mol. The molecule has 0 bridgehead atoms. The lowest BCUT2D eigenvalue weighted by Gasteiger charge is -2.09. The SMILES string of the molecule is CCCOC(=O)c1c(NC(=O)c2cc([N+](=O)[O-])[nH]n2)sc(C(=O)N(C)C)c1C. The number of carbonyl (C=O) groups is 3. The number of nitrogens with one attached hydrogen (secondary N) is 2. The quantitative estimate of drug-likeness (QED) is 0.405. The van der Waals surface area contributed by atoms with Crippen LogP contribution in [0.15, 0.2) is 6.07 Å². The molecule has 0 aliphatic carbocycles. The molecule has 2 rings (SSSR count). The van der Waals surface area contributed by atoms with Crippen molar-refractivity contribution < 1.29 is 24.0 Å². The van der Waals surface area contributed by atoms with E-state index < -0.39 is 22.6 Å². The Morgan fingerprint density at radius 1 is 1.39 bits per heavy atom. The Bertz CT molecular complexity index is 932. The molecule has 0 aliphatic heterocycles. The number of rotatable bonds is 7. The van der Waals surface area contributed by atoms with Crippen LogP contribution in [0, 0.1) is 17.0 Å². The number of esters is 1. The van der Waals surface area contributed by atoms with E-state index in [4.69, 9.17) is 4.74 Å². The highest BCUT2D eigenvalue weighted by molar-refractivity contribution is 7.18. The fourth-order valence-corrected chi connectivity index (χ4v) is 3.42. The van der Waals surface area contributed by atoms with E-state index in [0.717, 1.165) is 17.4 Å². The fraction of sp³-hybridized carbons (Fsp3) is 0.375. The van der Waals surface area contributed by atoms with Gasteiger partial charge in [0.25, 0.3) is 11.8 Å². The largest absolute Gasteiger partial charge is 0.462 e. The molecular weight excluding hydrogens is 390 g/mol. The Hall–Kier alpha value is -3.28. The molecule has 0 radical (unpaired) electrons. The van der Waals surface area contributed by atoms with Crippen molar-refractivity contribution in [3.8, 4) is 0 Å². The van der Waals surface area contributed by atoms with E-state index >= 15 is 0 Å². The monoisotopic (exact) mass is 409 g/mol. The second-order valence-electron chi connectivity index (χ2n) is 5.95. The van der Waals surface area contributed by atoms with Crippen LogP contribution in [0.1, 0.15) is 49.4 Å². The zero-order chi connectivity index (χ0) is 21.0. The number of aromatic amines is 1. The molecule has 0 fully saturated rings. The van der Waals surface area contributed by atoms with E-state index in [2.05, 4.69) is 15.5 Å². The zero-order valence-electron chi connectivity index (χ0n) is 15.7. The van der Waals surface area contributed by atoms with Crippen molar-refractivity contribution in [3.05, 3.63) is 37.9 Å². The molecule has 0 aromatic carbocycles. The Kier molecular flexibility index (Phi) is 6.46. The van der Waals surface area contributed by atoms with Crippen LogP contribution in [0.3, 0.4) is 0 Å². The van der Waals surface area contributed by atoms with Crippen LogP contribution in [0.25, 0.3) is 0 Å². The van der Waals surface area contributed by atoms with E-state index in [0.29, 0.717) is 12.0 Å². The maximum Gasteiger partial charge on any atom is 0.343 e. The first-order valence-electron chi connectivity index (χ1n) is 8.20. The molecule has 0 saturated heterocycles. The molecule has 2 aromatic heterocycles. The van der Waals surface area contributed by atoms with Gasteiger partial charge in [-0.15, -0.1) is 16.4 Å². The highest BCUT2D eigenvalue weighted by Crippen LogP contribution is 2.34. The van der Waals surface area contributed by atoms with Crippen LogP contribution in [-0.2, 0) is 4.74 Å². The summed E-state index contributed by atoms with van der Waals surface area (Å²) in [6.07, 6.45) is 0.608. The maximum absolute atomic E-state index is 12.5. The van der Waals surface area contributed by atoms with E-state index in [9.17, 15) is 24.5 Å². The Labute approximate surface area is 163 Å². The summed E-state index contributed by atoms with van der Waals surface area (Å²) in [4.78, 5) is 48.9. The van der Waals surface area contributed by atoms with Gasteiger partial charge in [0.2, 0.25) is 0 Å². The van der Waals surface area contributed by atoms with Gasteiger partial charge in [0.05, 0.1) is 23.1 Å². The van der Waals surface area contributed by atoms with Gasteiger partial charge in [-0.05, 0) is 23.8 Å². The van der Waals surface area contributed by atoms with Crippen LogP contribution in [0.4, 0.5) is 10.8 Å². The molecule has 2 heterocycles. The molecule has 150 valence electrons. The standard InChI is InChI=1S/C16H19N5O6S/c1-5-6-27-16(24)11-8(2)12(15(23)20(3)4)28-14(11)17-13(22)9-7-10(19-18-9)21(25)26/h7H,5-6H2,1-4H3,(H,17,22)(H,18,19). The van der Waals surface area contributed by atoms with Gasteiger partial charge in [0.1, 0.15) is 5.00 Å². The van der Waals surface area contributed by atoms with E-state index in [-0.39, 0.29) is 33.6 Å². The number of nitro groups is 1. The first-order chi connectivity index (χ1) is 13.2. The highest BCUT2D eigenvalue weighted by Gasteiger charge is 2.28. The lowest BCUT2D eigenvalue weighted by molar-refractivity contribution is -0.389. The Balaban J connectivity index is 2.41. The minimum Gasteiger partial charge on any atom is -0.462 e. The summed E-state index contributed by atoms with van der Waals surface area (Å²) in [6.45, 7) is 3.61. The summed E-state index contributed by atoms with van der Waals surface area (Å²) in [5.41, 5.74) is 0.223. The third kappa shape index (κ3) is 4.34. The number of thiophene rings is 1. The van der Waals surface area contributed by atoms with Gasteiger partial charge >= 0.3 is 11.8 Å². The number of H-pyrrole nitrogens is 1.